The highest BCUT2D eigenvalue weighted by Crippen LogP contribution is 2.30. The molecule has 8 heteroatoms. The van der Waals surface area contributed by atoms with E-state index in [9.17, 15) is 18.0 Å². The number of carbonyl (C=O) groups is 1. The molecule has 3 aromatic rings. The summed E-state index contributed by atoms with van der Waals surface area (Å²) in [6, 6.07) is 11.4. The smallest absolute Gasteiger partial charge is 0.251 e. The first-order valence-corrected chi connectivity index (χ1v) is 11.0. The van der Waals surface area contributed by atoms with E-state index in [0.717, 1.165) is 10.9 Å². The van der Waals surface area contributed by atoms with Crippen LogP contribution in [-0.2, 0) is 0 Å². The van der Waals surface area contributed by atoms with E-state index in [4.69, 9.17) is 0 Å². The summed E-state index contributed by atoms with van der Waals surface area (Å²) >= 11 is 0. The molecule has 1 aliphatic rings. The van der Waals surface area contributed by atoms with Gasteiger partial charge in [0.1, 0.15) is 11.6 Å². The van der Waals surface area contributed by atoms with Crippen molar-refractivity contribution < 1.29 is 18.0 Å². The predicted molar refractivity (Wildman–Crippen MR) is 125 cm³/mol. The van der Waals surface area contributed by atoms with Crippen molar-refractivity contribution in [3.8, 4) is 0 Å². The minimum absolute atomic E-state index is 0.179. The van der Waals surface area contributed by atoms with Crippen LogP contribution in [0, 0.1) is 12.7 Å². The zero-order valence-corrected chi connectivity index (χ0v) is 18.9. The average molecular weight is 457 g/mol. The van der Waals surface area contributed by atoms with E-state index in [1.54, 1.807) is 44.3 Å². The maximum absolute atomic E-state index is 14.5. The van der Waals surface area contributed by atoms with Crippen LogP contribution >= 0.6 is 0 Å². The van der Waals surface area contributed by atoms with Gasteiger partial charge >= 0.3 is 0 Å². The van der Waals surface area contributed by atoms with E-state index < -0.39 is 12.0 Å². The van der Waals surface area contributed by atoms with E-state index in [1.165, 1.54) is 6.07 Å². The molecule has 1 fully saturated rings. The molecular formula is C25H27F3N4O. The zero-order chi connectivity index (χ0) is 23.8. The molecule has 1 atom stereocenters. The molecule has 0 aliphatic carbocycles. The highest BCUT2D eigenvalue weighted by Gasteiger charge is 2.34. The normalized spacial score (nSPS) is 16.5. The summed E-state index contributed by atoms with van der Waals surface area (Å²) < 4.78 is 41.4. The number of halogens is 3. The van der Waals surface area contributed by atoms with Gasteiger partial charge in [0.05, 0.1) is 11.6 Å². The van der Waals surface area contributed by atoms with E-state index in [1.807, 2.05) is 17.9 Å². The lowest BCUT2D eigenvalue weighted by molar-refractivity contribution is -0.0221. The Morgan fingerprint density at radius 2 is 1.85 bits per heavy atom. The third kappa shape index (κ3) is 4.89. The van der Waals surface area contributed by atoms with Crippen LogP contribution in [0.5, 0.6) is 0 Å². The van der Waals surface area contributed by atoms with Crippen molar-refractivity contribution in [3.63, 3.8) is 0 Å². The molecule has 33 heavy (non-hydrogen) atoms. The maximum atomic E-state index is 14.5. The van der Waals surface area contributed by atoms with Gasteiger partial charge in [-0.15, -0.1) is 0 Å². The molecule has 2 N–H and O–H groups in total. The van der Waals surface area contributed by atoms with Gasteiger partial charge in [-0.2, -0.15) is 0 Å². The Morgan fingerprint density at radius 3 is 2.55 bits per heavy atom. The fourth-order valence-corrected chi connectivity index (χ4v) is 4.16. The molecule has 1 aromatic heterocycles. The number of anilines is 2. The molecule has 0 bridgehead atoms. The highest BCUT2D eigenvalue weighted by atomic mass is 19.3. The van der Waals surface area contributed by atoms with Crippen LogP contribution in [0.1, 0.15) is 47.3 Å². The van der Waals surface area contributed by atoms with Crippen LogP contribution in [0.25, 0.3) is 10.9 Å². The number of amides is 1. The summed E-state index contributed by atoms with van der Waals surface area (Å²) in [7, 11) is 1.73. The van der Waals surface area contributed by atoms with E-state index in [2.05, 4.69) is 15.6 Å². The number of aryl methyl sites for hydroxylation is 1. The molecule has 1 amide bonds. The fraction of sp³-hybridized carbons (Fsp3) is 0.360. The van der Waals surface area contributed by atoms with Crippen LogP contribution < -0.4 is 15.5 Å². The summed E-state index contributed by atoms with van der Waals surface area (Å²) in [4.78, 5) is 19.3. The Labute approximate surface area is 191 Å². The molecule has 2 aromatic carbocycles. The number of aromatic nitrogens is 1. The third-order valence-electron chi connectivity index (χ3n) is 6.18. The number of carbonyl (C=O) groups excluding carboxylic acids is 1. The van der Waals surface area contributed by atoms with Gasteiger partial charge in [0.2, 0.25) is 0 Å². The molecule has 0 spiro atoms. The SMILES string of the molecule is CNc1cc(F)c(C(C)NC(=O)c2ccc3nc(N4CCC(F)(F)CC4)ccc3c2)cc1C. The number of alkyl halides is 2. The van der Waals surface area contributed by atoms with Crippen molar-refractivity contribution in [1.82, 2.24) is 10.3 Å². The Kier molecular flexibility index (Phi) is 6.19. The number of rotatable bonds is 5. The average Bonchev–Trinajstić information content (AvgIpc) is 2.79. The summed E-state index contributed by atoms with van der Waals surface area (Å²) in [5.74, 6) is -2.66. The minimum atomic E-state index is -2.61. The van der Waals surface area contributed by atoms with Gasteiger partial charge in [0.25, 0.3) is 11.8 Å². The molecule has 0 radical (unpaired) electrons. The van der Waals surface area contributed by atoms with Crippen LogP contribution in [0.2, 0.25) is 0 Å². The quantitative estimate of drug-likeness (QED) is 0.536. The van der Waals surface area contributed by atoms with E-state index in [0.29, 0.717) is 28.1 Å². The van der Waals surface area contributed by atoms with Crippen molar-refractivity contribution in [2.45, 2.75) is 38.7 Å². The second kappa shape index (κ2) is 8.92. The van der Waals surface area contributed by atoms with Crippen molar-refractivity contribution in [2.24, 2.45) is 0 Å². The third-order valence-corrected chi connectivity index (χ3v) is 6.18. The molecule has 2 heterocycles. The number of fused-ring (bicyclic) bond motifs is 1. The highest BCUT2D eigenvalue weighted by molar-refractivity contribution is 5.98. The molecule has 1 aliphatic heterocycles. The molecule has 4 rings (SSSR count). The number of nitrogens with zero attached hydrogens (tertiary/aromatic N) is 2. The molecular weight excluding hydrogens is 429 g/mol. The first kappa shape index (κ1) is 22.9. The Balaban J connectivity index is 1.49. The van der Waals surface area contributed by atoms with Gasteiger partial charge in [-0.3, -0.25) is 4.79 Å². The molecule has 5 nitrogen and oxygen atoms in total. The summed E-state index contributed by atoms with van der Waals surface area (Å²) in [5, 5.41) is 6.56. The number of benzene rings is 2. The lowest BCUT2D eigenvalue weighted by atomic mass is 10.0. The van der Waals surface area contributed by atoms with Crippen molar-refractivity contribution in [1.29, 1.82) is 0 Å². The topological polar surface area (TPSA) is 57.3 Å². The van der Waals surface area contributed by atoms with Crippen molar-refractivity contribution in [3.05, 3.63) is 65.0 Å². The van der Waals surface area contributed by atoms with Crippen LogP contribution in [-0.4, -0.2) is 37.0 Å². The van der Waals surface area contributed by atoms with Crippen LogP contribution in [0.15, 0.2) is 42.5 Å². The Bertz CT molecular complexity index is 1190. The number of pyridine rings is 1. The first-order chi connectivity index (χ1) is 15.7. The summed E-state index contributed by atoms with van der Waals surface area (Å²) in [6.07, 6.45) is -0.358. The predicted octanol–water partition coefficient (Wildman–Crippen LogP) is 5.45. The Hall–Kier alpha value is -3.29. The van der Waals surface area contributed by atoms with E-state index >= 15 is 0 Å². The molecule has 1 saturated heterocycles. The molecule has 174 valence electrons. The Morgan fingerprint density at radius 1 is 1.12 bits per heavy atom. The summed E-state index contributed by atoms with van der Waals surface area (Å²) in [6.45, 7) is 4.14. The fourth-order valence-electron chi connectivity index (χ4n) is 4.16. The maximum Gasteiger partial charge on any atom is 0.251 e. The van der Waals surface area contributed by atoms with Gasteiger partial charge in [0, 0.05) is 55.2 Å². The number of nitrogens with one attached hydrogen (secondary N) is 2. The van der Waals surface area contributed by atoms with Gasteiger partial charge in [-0.05, 0) is 61.9 Å². The lowest BCUT2D eigenvalue weighted by Crippen LogP contribution is -2.39. The standard InChI is InChI=1S/C25H27F3N4O/c1-15-12-19(20(26)14-22(15)29-3)16(2)30-24(33)18-4-6-21-17(13-18)5-7-23(31-21)32-10-8-25(27,28)9-11-32/h4-7,12-14,16,29H,8-11H2,1-3H3,(H,30,33). The first-order valence-electron chi connectivity index (χ1n) is 11.0. The van der Waals surface area contributed by atoms with Crippen LogP contribution in [0.3, 0.4) is 0 Å². The summed E-state index contributed by atoms with van der Waals surface area (Å²) in [5.41, 5.74) is 3.12. The van der Waals surface area contributed by atoms with Gasteiger partial charge in [0.15, 0.2) is 0 Å². The number of hydrogen-bond donors (Lipinski definition) is 2. The number of piperidine rings is 1. The number of hydrogen-bond acceptors (Lipinski definition) is 4. The van der Waals surface area contributed by atoms with Crippen molar-refractivity contribution in [2.75, 3.05) is 30.4 Å². The van der Waals surface area contributed by atoms with Gasteiger partial charge < -0.3 is 15.5 Å². The minimum Gasteiger partial charge on any atom is -0.388 e. The van der Waals surface area contributed by atoms with E-state index in [-0.39, 0.29) is 37.7 Å². The molecule has 1 unspecified atom stereocenters. The second-order valence-electron chi connectivity index (χ2n) is 8.55. The van der Waals surface area contributed by atoms with Gasteiger partial charge in [-0.1, -0.05) is 0 Å². The largest absolute Gasteiger partial charge is 0.388 e. The molecule has 0 saturated carbocycles. The van der Waals surface area contributed by atoms with Gasteiger partial charge in [-0.25, -0.2) is 18.2 Å². The second-order valence-corrected chi connectivity index (χ2v) is 8.55. The monoisotopic (exact) mass is 456 g/mol. The van der Waals surface area contributed by atoms with Crippen molar-refractivity contribution >= 4 is 28.3 Å². The van der Waals surface area contributed by atoms with Crippen LogP contribution in [0.4, 0.5) is 24.7 Å². The lowest BCUT2D eigenvalue weighted by Gasteiger charge is -2.32. The zero-order valence-electron chi connectivity index (χ0n) is 18.9.